The zero-order valence-corrected chi connectivity index (χ0v) is 13.9. The van der Waals surface area contributed by atoms with Crippen molar-refractivity contribution in [2.24, 2.45) is 5.92 Å². The highest BCUT2D eigenvalue weighted by atomic mass is 32.2. The summed E-state index contributed by atoms with van der Waals surface area (Å²) in [7, 11) is -1.66. The Morgan fingerprint density at radius 2 is 2.17 bits per heavy atom. The molecule has 0 radical (unpaired) electrons. The van der Waals surface area contributed by atoms with E-state index in [1.165, 1.54) is 6.20 Å². The molecule has 1 unspecified atom stereocenters. The highest BCUT2D eigenvalue weighted by Gasteiger charge is 2.32. The monoisotopic (exact) mass is 335 g/mol. The van der Waals surface area contributed by atoms with Gasteiger partial charge >= 0.3 is 0 Å². The molecular weight excluding hydrogens is 314 g/mol. The smallest absolute Gasteiger partial charge is 0.243 e. The quantitative estimate of drug-likeness (QED) is 0.904. The lowest BCUT2D eigenvalue weighted by Crippen LogP contribution is -2.42. The lowest BCUT2D eigenvalue weighted by atomic mass is 10.00. The molecule has 7 heteroatoms. The third-order valence-electron chi connectivity index (χ3n) is 4.18. The molecule has 2 aromatic rings. The number of nitrogens with zero attached hydrogens (tertiary/aromatic N) is 2. The first-order chi connectivity index (χ1) is 11.1. The largest absolute Gasteiger partial charge is 0.356 e. The number of hydrogen-bond acceptors (Lipinski definition) is 5. The maximum absolute atomic E-state index is 13.1. The minimum Gasteiger partial charge on any atom is -0.356 e. The van der Waals surface area contributed by atoms with E-state index in [1.54, 1.807) is 34.6 Å². The number of piperidine rings is 1. The minimum absolute atomic E-state index is 0.279. The summed E-state index contributed by atoms with van der Waals surface area (Å²) in [6, 6.07) is 8.60. The topological polar surface area (TPSA) is 75.4 Å². The van der Waals surface area contributed by atoms with E-state index in [1.807, 2.05) is 7.05 Å². The van der Waals surface area contributed by atoms with Crippen molar-refractivity contribution in [1.82, 2.24) is 14.8 Å². The van der Waals surface area contributed by atoms with Crippen LogP contribution in [0.1, 0.15) is 12.8 Å². The molecule has 1 N–H and O–H groups in total. The van der Waals surface area contributed by atoms with Gasteiger partial charge in [-0.25, -0.2) is 8.42 Å². The molecule has 0 aliphatic carbocycles. The zero-order chi connectivity index (χ0) is 16.3. The van der Waals surface area contributed by atoms with Gasteiger partial charge in [0.05, 0.1) is 11.1 Å². The van der Waals surface area contributed by atoms with Crippen molar-refractivity contribution in [3.63, 3.8) is 0 Å². The summed E-state index contributed by atoms with van der Waals surface area (Å²) in [6.07, 6.45) is 3.45. The van der Waals surface area contributed by atoms with Crippen molar-refractivity contribution in [1.29, 1.82) is 0 Å². The predicted octanol–water partition coefficient (Wildman–Crippen LogP) is 1.96. The fraction of sp³-hybridized carbons (Fsp3) is 0.438. The third kappa shape index (κ3) is 3.31. The van der Waals surface area contributed by atoms with Gasteiger partial charge in [0.15, 0.2) is 5.76 Å². The standard InChI is InChI=1S/C16H21N3O3S/c1-17-11-13-5-4-10-19(12-13)23(20,21)16-7-3-2-6-14(16)15-8-9-18-22-15/h2-3,6-9,13,17H,4-5,10-12H2,1H3. The van der Waals surface area contributed by atoms with Gasteiger partial charge in [-0.05, 0) is 44.5 Å². The third-order valence-corrected chi connectivity index (χ3v) is 6.11. The summed E-state index contributed by atoms with van der Waals surface area (Å²) < 4.78 is 32.9. The van der Waals surface area contributed by atoms with Gasteiger partial charge in [-0.1, -0.05) is 17.3 Å². The van der Waals surface area contributed by atoms with Crippen molar-refractivity contribution in [2.75, 3.05) is 26.7 Å². The van der Waals surface area contributed by atoms with Crippen LogP contribution in [-0.2, 0) is 10.0 Å². The highest BCUT2D eigenvalue weighted by Crippen LogP contribution is 2.31. The molecule has 1 saturated heterocycles. The maximum atomic E-state index is 13.1. The summed E-state index contributed by atoms with van der Waals surface area (Å²) >= 11 is 0. The molecule has 1 atom stereocenters. The van der Waals surface area contributed by atoms with Gasteiger partial charge < -0.3 is 9.84 Å². The first kappa shape index (κ1) is 16.2. The van der Waals surface area contributed by atoms with Crippen molar-refractivity contribution in [2.45, 2.75) is 17.7 Å². The van der Waals surface area contributed by atoms with Crippen LogP contribution >= 0.6 is 0 Å². The van der Waals surface area contributed by atoms with Crippen LogP contribution in [0.3, 0.4) is 0 Å². The van der Waals surface area contributed by atoms with Crippen LogP contribution in [0, 0.1) is 5.92 Å². The maximum Gasteiger partial charge on any atom is 0.243 e. The second-order valence-electron chi connectivity index (χ2n) is 5.80. The normalized spacial score (nSPS) is 19.8. The van der Waals surface area contributed by atoms with Crippen LogP contribution in [0.15, 0.2) is 45.9 Å². The van der Waals surface area contributed by atoms with Crippen molar-refractivity contribution in [3.8, 4) is 11.3 Å². The number of sulfonamides is 1. The highest BCUT2D eigenvalue weighted by molar-refractivity contribution is 7.89. The first-order valence-corrected chi connectivity index (χ1v) is 9.22. The van der Waals surface area contributed by atoms with Gasteiger partial charge in [-0.3, -0.25) is 0 Å². The molecule has 1 fully saturated rings. The van der Waals surface area contributed by atoms with E-state index >= 15 is 0 Å². The minimum atomic E-state index is -3.55. The molecule has 1 aliphatic heterocycles. The molecule has 124 valence electrons. The molecule has 1 aromatic carbocycles. The number of benzene rings is 1. The van der Waals surface area contributed by atoms with E-state index in [9.17, 15) is 8.42 Å². The molecule has 0 amide bonds. The van der Waals surface area contributed by atoms with E-state index in [-0.39, 0.29) is 4.90 Å². The van der Waals surface area contributed by atoms with Crippen LogP contribution in [0.5, 0.6) is 0 Å². The Kier molecular flexibility index (Phi) is 4.79. The van der Waals surface area contributed by atoms with Gasteiger partial charge in [0, 0.05) is 24.7 Å². The van der Waals surface area contributed by atoms with Gasteiger partial charge in [0.25, 0.3) is 0 Å². The summed E-state index contributed by atoms with van der Waals surface area (Å²) in [5.41, 5.74) is 0.556. The Bertz CT molecular complexity index is 742. The molecule has 1 aliphatic rings. The van der Waals surface area contributed by atoms with Crippen LogP contribution < -0.4 is 5.32 Å². The lowest BCUT2D eigenvalue weighted by molar-refractivity contribution is 0.263. The summed E-state index contributed by atoms with van der Waals surface area (Å²) in [5, 5.41) is 6.82. The van der Waals surface area contributed by atoms with E-state index in [2.05, 4.69) is 10.5 Å². The average molecular weight is 335 g/mol. The molecule has 23 heavy (non-hydrogen) atoms. The van der Waals surface area contributed by atoms with Crippen LogP contribution in [0.2, 0.25) is 0 Å². The molecule has 0 bridgehead atoms. The molecule has 3 rings (SSSR count). The number of aromatic nitrogens is 1. The Morgan fingerprint density at radius 3 is 2.91 bits per heavy atom. The summed E-state index contributed by atoms with van der Waals surface area (Å²) in [4.78, 5) is 0.279. The van der Waals surface area contributed by atoms with Crippen LogP contribution in [0.4, 0.5) is 0 Å². The number of nitrogens with one attached hydrogen (secondary N) is 1. The van der Waals surface area contributed by atoms with E-state index < -0.39 is 10.0 Å². The molecule has 6 nitrogen and oxygen atoms in total. The summed E-state index contributed by atoms with van der Waals surface area (Å²) in [6.45, 7) is 1.94. The second kappa shape index (κ2) is 6.82. The molecule has 0 spiro atoms. The van der Waals surface area contributed by atoms with Crippen LogP contribution in [0.25, 0.3) is 11.3 Å². The second-order valence-corrected chi connectivity index (χ2v) is 7.71. The Morgan fingerprint density at radius 1 is 1.35 bits per heavy atom. The summed E-state index contributed by atoms with van der Waals surface area (Å²) in [5.74, 6) is 0.814. The van der Waals surface area contributed by atoms with Crippen molar-refractivity contribution >= 4 is 10.0 Å². The molecule has 2 heterocycles. The first-order valence-electron chi connectivity index (χ1n) is 7.78. The average Bonchev–Trinajstić information content (AvgIpc) is 3.10. The number of hydrogen-bond donors (Lipinski definition) is 1. The van der Waals surface area contributed by atoms with Gasteiger partial charge in [-0.15, -0.1) is 0 Å². The Hall–Kier alpha value is -1.70. The van der Waals surface area contributed by atoms with E-state index in [0.717, 1.165) is 19.4 Å². The predicted molar refractivity (Wildman–Crippen MR) is 87.3 cm³/mol. The fourth-order valence-electron chi connectivity index (χ4n) is 3.09. The van der Waals surface area contributed by atoms with Crippen molar-refractivity contribution in [3.05, 3.63) is 36.5 Å². The fourth-order valence-corrected chi connectivity index (χ4v) is 4.84. The molecule has 1 aromatic heterocycles. The van der Waals surface area contributed by atoms with Gasteiger partial charge in [-0.2, -0.15) is 4.31 Å². The van der Waals surface area contributed by atoms with E-state index in [0.29, 0.717) is 30.3 Å². The van der Waals surface area contributed by atoms with E-state index in [4.69, 9.17) is 4.52 Å². The molecule has 0 saturated carbocycles. The van der Waals surface area contributed by atoms with Crippen molar-refractivity contribution < 1.29 is 12.9 Å². The molecular formula is C16H21N3O3S. The SMILES string of the molecule is CNCC1CCCN(S(=O)(=O)c2ccccc2-c2ccno2)C1. The Labute approximate surface area is 136 Å². The zero-order valence-electron chi connectivity index (χ0n) is 13.1. The lowest BCUT2D eigenvalue weighted by Gasteiger charge is -2.32. The Balaban J connectivity index is 1.94. The van der Waals surface area contributed by atoms with Gasteiger partial charge in [0.2, 0.25) is 10.0 Å². The number of rotatable bonds is 5. The van der Waals surface area contributed by atoms with Crippen LogP contribution in [-0.4, -0.2) is 44.6 Å². The van der Waals surface area contributed by atoms with Gasteiger partial charge in [0.1, 0.15) is 0 Å².